The van der Waals surface area contributed by atoms with Crippen molar-refractivity contribution in [3.8, 4) is 22.4 Å². The number of aromatic amines is 2. The predicted octanol–water partition coefficient (Wildman–Crippen LogP) is 8.01. The number of hydrogen-bond donors (Lipinski definition) is 4. The van der Waals surface area contributed by atoms with Crippen LogP contribution in [-0.2, 0) is 23.9 Å². The van der Waals surface area contributed by atoms with Gasteiger partial charge < -0.3 is 39.9 Å². The zero-order valence-corrected chi connectivity index (χ0v) is 36.8. The molecule has 14 heteroatoms. The maximum Gasteiger partial charge on any atom is 0.407 e. The van der Waals surface area contributed by atoms with E-state index in [-0.39, 0.29) is 47.6 Å². The van der Waals surface area contributed by atoms with Gasteiger partial charge in [-0.05, 0) is 77.8 Å². The third-order valence-electron chi connectivity index (χ3n) is 13.4. The minimum atomic E-state index is -0.797. The number of ether oxygens (including phenoxy) is 2. The van der Waals surface area contributed by atoms with E-state index in [9.17, 15) is 19.2 Å². The number of likely N-dealkylation sites (tertiary alicyclic amines) is 2. The first kappa shape index (κ1) is 42.7. The summed E-state index contributed by atoms with van der Waals surface area (Å²) in [5, 5.41) is 7.87. The second-order valence-electron chi connectivity index (χ2n) is 17.9. The Morgan fingerprint density at radius 2 is 1.56 bits per heavy atom. The van der Waals surface area contributed by atoms with Crippen molar-refractivity contribution < 1.29 is 28.7 Å². The van der Waals surface area contributed by atoms with E-state index in [1.54, 1.807) is 7.11 Å². The minimum Gasteiger partial charge on any atom is -0.453 e. The van der Waals surface area contributed by atoms with Gasteiger partial charge in [0.15, 0.2) is 0 Å². The number of imidazole rings is 2. The van der Waals surface area contributed by atoms with E-state index in [0.717, 1.165) is 93.5 Å². The van der Waals surface area contributed by atoms with E-state index in [1.807, 2.05) is 66.2 Å². The van der Waals surface area contributed by atoms with Crippen LogP contribution in [0.15, 0.2) is 91.1 Å². The van der Waals surface area contributed by atoms with Crippen molar-refractivity contribution in [2.24, 2.45) is 17.8 Å². The number of carbonyl (C=O) groups is 4. The van der Waals surface area contributed by atoms with Crippen LogP contribution in [0, 0.1) is 17.8 Å². The van der Waals surface area contributed by atoms with Crippen molar-refractivity contribution in [2.45, 2.75) is 76.5 Å². The lowest BCUT2D eigenvalue weighted by Crippen LogP contribution is -2.51. The van der Waals surface area contributed by atoms with E-state index in [0.29, 0.717) is 26.1 Å². The van der Waals surface area contributed by atoms with Crippen LogP contribution in [0.1, 0.15) is 87.7 Å². The van der Waals surface area contributed by atoms with Crippen molar-refractivity contribution in [3.63, 3.8) is 0 Å². The van der Waals surface area contributed by atoms with Crippen LogP contribution in [0.2, 0.25) is 0 Å². The number of amides is 4. The highest BCUT2D eigenvalue weighted by atomic mass is 16.5. The Hall–Kier alpha value is -6.54. The van der Waals surface area contributed by atoms with Gasteiger partial charge >= 0.3 is 6.09 Å². The summed E-state index contributed by atoms with van der Waals surface area (Å²) >= 11 is 0. The lowest BCUT2D eigenvalue weighted by Gasteiger charge is -2.31. The molecular weight excluding hydrogens is 809 g/mol. The molecule has 3 fully saturated rings. The van der Waals surface area contributed by atoms with Crippen molar-refractivity contribution in [3.05, 3.63) is 108 Å². The molecule has 1 saturated carbocycles. The largest absolute Gasteiger partial charge is 0.453 e. The Labute approximate surface area is 372 Å². The van der Waals surface area contributed by atoms with Crippen molar-refractivity contribution in [1.29, 1.82) is 0 Å². The maximum atomic E-state index is 14.6. The maximum absolute atomic E-state index is 14.6. The fourth-order valence-electron chi connectivity index (χ4n) is 9.66. The molecule has 9 rings (SSSR count). The predicted molar refractivity (Wildman–Crippen MR) is 244 cm³/mol. The molecule has 2 saturated heterocycles. The summed E-state index contributed by atoms with van der Waals surface area (Å²) < 4.78 is 10.4. The summed E-state index contributed by atoms with van der Waals surface area (Å²) in [6.07, 6.45) is 6.22. The lowest BCUT2D eigenvalue weighted by atomic mass is 9.84. The van der Waals surface area contributed by atoms with Crippen LogP contribution >= 0.6 is 0 Å². The summed E-state index contributed by atoms with van der Waals surface area (Å²) in [4.78, 5) is 74.1. The number of aromatic nitrogens is 4. The topological polar surface area (TPSA) is 175 Å². The molecular formula is C50H56N8O6. The first-order chi connectivity index (χ1) is 31.1. The zero-order valence-electron chi connectivity index (χ0n) is 36.8. The van der Waals surface area contributed by atoms with Gasteiger partial charge in [0.25, 0.3) is 0 Å². The Bertz CT molecular complexity index is 2660. The van der Waals surface area contributed by atoms with Crippen LogP contribution in [0.3, 0.4) is 0 Å². The molecule has 4 heterocycles. The highest BCUT2D eigenvalue weighted by Gasteiger charge is 2.42. The first-order valence-corrected chi connectivity index (χ1v) is 22.5. The molecule has 6 aromatic rings. The standard InChI is InChI=1S/C50H56N8O6/c1-29(2)42(56-50(62)64-4)48(60)57-23-9-14-40(57)45-51-26-39(53-45)32-17-15-31(16-18-32)35-19-21-37-36(25-35)20-22-38-44(37)54-46(52-38)41-24-30(28-63-3)27-58(41)49(61)43(33-10-6-5-7-11-33)55-47(59)34-12-8-13-34/h5-7,10-11,15-22,25-26,29-30,34,40-43H,8-9,12-14,23-24,27-28H2,1-4H3,(H,51,53)(H,52,54)(H,55,59)(H,56,62)/t30-,40-,41-,42-,43+/m0/s1. The number of nitrogens with one attached hydrogen (secondary N) is 4. The molecule has 4 aromatic carbocycles. The quantitative estimate of drug-likeness (QED) is 0.0904. The van der Waals surface area contributed by atoms with Crippen molar-refractivity contribution in [1.82, 2.24) is 40.4 Å². The highest BCUT2D eigenvalue weighted by molar-refractivity contribution is 6.05. The van der Waals surface area contributed by atoms with Gasteiger partial charge in [-0.3, -0.25) is 14.4 Å². The van der Waals surface area contributed by atoms with Crippen LogP contribution < -0.4 is 10.6 Å². The van der Waals surface area contributed by atoms with Gasteiger partial charge in [-0.2, -0.15) is 0 Å². The number of hydrogen-bond acceptors (Lipinski definition) is 8. The third kappa shape index (κ3) is 8.46. The number of carbonyl (C=O) groups excluding carboxylic acids is 4. The summed E-state index contributed by atoms with van der Waals surface area (Å²) in [5.41, 5.74) is 6.44. The van der Waals surface area contributed by atoms with Gasteiger partial charge in [-0.15, -0.1) is 0 Å². The molecule has 332 valence electrons. The second-order valence-corrected chi connectivity index (χ2v) is 17.9. The Kier molecular flexibility index (Phi) is 12.2. The monoisotopic (exact) mass is 864 g/mol. The van der Waals surface area contributed by atoms with Gasteiger partial charge in [0.05, 0.1) is 48.7 Å². The number of rotatable bonds is 13. The van der Waals surface area contributed by atoms with Crippen LogP contribution in [0.25, 0.3) is 44.2 Å². The Morgan fingerprint density at radius 1 is 0.797 bits per heavy atom. The number of benzene rings is 4. The van der Waals surface area contributed by atoms with Gasteiger partial charge in [-0.1, -0.05) is 93.1 Å². The van der Waals surface area contributed by atoms with E-state index >= 15 is 0 Å². The molecule has 5 atom stereocenters. The van der Waals surface area contributed by atoms with E-state index in [4.69, 9.17) is 19.4 Å². The molecule has 0 spiro atoms. The summed E-state index contributed by atoms with van der Waals surface area (Å²) in [5.74, 6) is 1.04. The van der Waals surface area contributed by atoms with E-state index in [2.05, 4.69) is 69.1 Å². The van der Waals surface area contributed by atoms with Gasteiger partial charge in [0.2, 0.25) is 17.7 Å². The highest BCUT2D eigenvalue weighted by Crippen LogP contribution is 2.39. The Morgan fingerprint density at radius 3 is 2.28 bits per heavy atom. The Balaban J connectivity index is 0.933. The molecule has 4 amide bonds. The van der Waals surface area contributed by atoms with Crippen LogP contribution in [-0.4, -0.2) is 93.5 Å². The number of nitrogens with zero attached hydrogens (tertiary/aromatic N) is 4. The SMILES string of the molecule is COC[C@H]1C[C@@H](c2nc3c(ccc4cc(-c5ccc(-c6cnc([C@@H]7CCCN7C(=O)[C@@H](NC(=O)OC)C(C)C)[nH]6)cc5)ccc43)[nH]2)N(C(=O)[C@H](NC(=O)C2CCC2)c2ccccc2)C1. The van der Waals surface area contributed by atoms with E-state index in [1.165, 1.54) is 7.11 Å². The number of alkyl carbamates (subject to hydrolysis) is 1. The average molecular weight is 865 g/mol. The molecule has 1 aliphatic carbocycles. The van der Waals surface area contributed by atoms with Gasteiger partial charge in [0, 0.05) is 37.4 Å². The average Bonchev–Trinajstić information content (AvgIpc) is 4.13. The summed E-state index contributed by atoms with van der Waals surface area (Å²) in [6, 6.07) is 26.4. The van der Waals surface area contributed by atoms with Crippen molar-refractivity contribution in [2.75, 3.05) is 33.9 Å². The normalized spacial score (nSPS) is 19.8. The molecule has 2 aromatic heterocycles. The first-order valence-electron chi connectivity index (χ1n) is 22.5. The van der Waals surface area contributed by atoms with Crippen LogP contribution in [0.5, 0.6) is 0 Å². The smallest absolute Gasteiger partial charge is 0.407 e. The van der Waals surface area contributed by atoms with Gasteiger partial charge in [0.1, 0.15) is 23.7 Å². The van der Waals surface area contributed by atoms with Gasteiger partial charge in [-0.25, -0.2) is 14.8 Å². The third-order valence-corrected chi connectivity index (χ3v) is 13.4. The minimum absolute atomic E-state index is 0.0489. The summed E-state index contributed by atoms with van der Waals surface area (Å²) in [7, 11) is 2.98. The molecule has 4 N–H and O–H groups in total. The molecule has 0 bridgehead atoms. The summed E-state index contributed by atoms with van der Waals surface area (Å²) in [6.45, 7) is 5.41. The number of methoxy groups -OCH3 is 2. The van der Waals surface area contributed by atoms with Crippen LogP contribution in [0.4, 0.5) is 4.79 Å². The fraction of sp³-hybridized carbons (Fsp3) is 0.400. The number of H-pyrrole nitrogens is 2. The lowest BCUT2D eigenvalue weighted by molar-refractivity contribution is -0.139. The molecule has 3 aliphatic rings. The van der Waals surface area contributed by atoms with Crippen molar-refractivity contribution >= 4 is 45.6 Å². The molecule has 0 radical (unpaired) electrons. The second kappa shape index (κ2) is 18.3. The zero-order chi connectivity index (χ0) is 44.5. The molecule has 64 heavy (non-hydrogen) atoms. The number of fused-ring (bicyclic) bond motifs is 3. The molecule has 14 nitrogen and oxygen atoms in total. The molecule has 0 unspecified atom stereocenters. The molecule has 2 aliphatic heterocycles. The van der Waals surface area contributed by atoms with E-state index < -0.39 is 18.2 Å². The fourth-order valence-corrected chi connectivity index (χ4v) is 9.66.